The van der Waals surface area contributed by atoms with E-state index in [0.29, 0.717) is 0 Å². The third kappa shape index (κ3) is 29.5. The van der Waals surface area contributed by atoms with Gasteiger partial charge in [0.15, 0.2) is 0 Å². The van der Waals surface area contributed by atoms with Gasteiger partial charge in [-0.25, -0.2) is 0 Å². The van der Waals surface area contributed by atoms with E-state index in [9.17, 15) is 4.79 Å². The van der Waals surface area contributed by atoms with Crippen molar-refractivity contribution >= 4 is 6.41 Å². The SMILES string of the molecule is CC.CC.CCNCCCCCCCCNC=O. The molecule has 0 saturated carbocycles. The van der Waals surface area contributed by atoms with Crippen LogP contribution in [0.1, 0.15) is 73.1 Å². The Labute approximate surface area is 115 Å². The average Bonchev–Trinajstić information content (AvgIpc) is 2.45. The van der Waals surface area contributed by atoms with Crippen molar-refractivity contribution in [2.75, 3.05) is 19.6 Å². The summed E-state index contributed by atoms with van der Waals surface area (Å²) in [6, 6.07) is 0. The van der Waals surface area contributed by atoms with Gasteiger partial charge in [-0.3, -0.25) is 4.79 Å². The number of unbranched alkanes of at least 4 members (excludes halogenated alkanes) is 5. The molecule has 0 radical (unpaired) electrons. The predicted octanol–water partition coefficient (Wildman–Crippen LogP) is 3.73. The number of nitrogens with one attached hydrogen (secondary N) is 2. The Hall–Kier alpha value is -0.570. The van der Waals surface area contributed by atoms with Gasteiger partial charge in [0.1, 0.15) is 0 Å². The van der Waals surface area contributed by atoms with Gasteiger partial charge >= 0.3 is 0 Å². The number of carbonyl (C=O) groups excluding carboxylic acids is 1. The Balaban J connectivity index is -0.000000506. The van der Waals surface area contributed by atoms with E-state index >= 15 is 0 Å². The minimum Gasteiger partial charge on any atom is -0.359 e. The van der Waals surface area contributed by atoms with E-state index in [1.54, 1.807) is 0 Å². The maximum absolute atomic E-state index is 9.92. The quantitative estimate of drug-likeness (QED) is 0.439. The largest absolute Gasteiger partial charge is 0.359 e. The summed E-state index contributed by atoms with van der Waals surface area (Å²) >= 11 is 0. The molecule has 3 heteroatoms. The molecule has 2 N–H and O–H groups in total. The molecule has 1 amide bonds. The summed E-state index contributed by atoms with van der Waals surface area (Å²) in [5.41, 5.74) is 0. The van der Waals surface area contributed by atoms with Crippen molar-refractivity contribution in [2.24, 2.45) is 0 Å². The van der Waals surface area contributed by atoms with Crippen LogP contribution in [0.25, 0.3) is 0 Å². The van der Waals surface area contributed by atoms with Crippen molar-refractivity contribution < 1.29 is 4.79 Å². The van der Waals surface area contributed by atoms with E-state index in [-0.39, 0.29) is 0 Å². The molecule has 0 spiro atoms. The molecule has 0 aromatic rings. The van der Waals surface area contributed by atoms with Crippen molar-refractivity contribution in [1.82, 2.24) is 10.6 Å². The van der Waals surface area contributed by atoms with Crippen LogP contribution in [-0.2, 0) is 4.79 Å². The first-order valence-corrected chi connectivity index (χ1v) is 7.79. The second-order valence-electron chi connectivity index (χ2n) is 3.55. The highest BCUT2D eigenvalue weighted by Crippen LogP contribution is 2.04. The standard InChI is InChI=1S/C11H24N2O.2C2H6/c1-2-12-9-7-5-3-4-6-8-10-13-11-14;2*1-2/h11-12H,2-10H2,1H3,(H,13,14);2*1-2H3. The molecule has 0 aliphatic carbocycles. The molecule has 0 unspecified atom stereocenters. The van der Waals surface area contributed by atoms with E-state index < -0.39 is 0 Å². The lowest BCUT2D eigenvalue weighted by Gasteiger charge is -2.02. The van der Waals surface area contributed by atoms with Gasteiger partial charge in [-0.1, -0.05) is 60.3 Å². The van der Waals surface area contributed by atoms with Crippen molar-refractivity contribution in [3.05, 3.63) is 0 Å². The fourth-order valence-electron chi connectivity index (χ4n) is 1.42. The van der Waals surface area contributed by atoms with Gasteiger partial charge in [0.2, 0.25) is 6.41 Å². The van der Waals surface area contributed by atoms with E-state index in [2.05, 4.69) is 17.6 Å². The second kappa shape index (κ2) is 29.9. The highest BCUT2D eigenvalue weighted by atomic mass is 16.1. The monoisotopic (exact) mass is 260 g/mol. The summed E-state index contributed by atoms with van der Waals surface area (Å²) in [6.45, 7) is 13.2. The van der Waals surface area contributed by atoms with Crippen LogP contribution in [0, 0.1) is 0 Å². The summed E-state index contributed by atoms with van der Waals surface area (Å²) < 4.78 is 0. The second-order valence-corrected chi connectivity index (χ2v) is 3.55. The zero-order valence-electron chi connectivity index (χ0n) is 13.3. The fourth-order valence-corrected chi connectivity index (χ4v) is 1.42. The Morgan fingerprint density at radius 1 is 0.778 bits per heavy atom. The van der Waals surface area contributed by atoms with Gasteiger partial charge < -0.3 is 10.6 Å². The molecule has 0 heterocycles. The van der Waals surface area contributed by atoms with Gasteiger partial charge in [0, 0.05) is 6.54 Å². The van der Waals surface area contributed by atoms with Gasteiger partial charge in [0.05, 0.1) is 0 Å². The van der Waals surface area contributed by atoms with Crippen molar-refractivity contribution in [1.29, 1.82) is 0 Å². The first kappa shape index (κ1) is 22.6. The Kier molecular flexibility index (Phi) is 37.6. The third-order valence-electron chi connectivity index (χ3n) is 2.26. The molecule has 0 aliphatic rings. The molecule has 0 aromatic heterocycles. The van der Waals surface area contributed by atoms with E-state index in [4.69, 9.17) is 0 Å². The van der Waals surface area contributed by atoms with Crippen molar-refractivity contribution in [3.8, 4) is 0 Å². The lowest BCUT2D eigenvalue weighted by atomic mass is 10.1. The van der Waals surface area contributed by atoms with Crippen LogP contribution < -0.4 is 10.6 Å². The summed E-state index contributed by atoms with van der Waals surface area (Å²) in [7, 11) is 0. The third-order valence-corrected chi connectivity index (χ3v) is 2.26. The van der Waals surface area contributed by atoms with Crippen LogP contribution in [0.3, 0.4) is 0 Å². The molecule has 0 rings (SSSR count). The Bertz CT molecular complexity index is 119. The number of amides is 1. The van der Waals surface area contributed by atoms with E-state index in [0.717, 1.165) is 32.5 Å². The van der Waals surface area contributed by atoms with Crippen molar-refractivity contribution in [2.45, 2.75) is 73.1 Å². The Morgan fingerprint density at radius 3 is 1.67 bits per heavy atom. The molecular weight excluding hydrogens is 224 g/mol. The van der Waals surface area contributed by atoms with Crippen LogP contribution in [0.15, 0.2) is 0 Å². The first-order chi connectivity index (χ1) is 8.91. The molecule has 0 saturated heterocycles. The zero-order chi connectivity index (χ0) is 14.5. The lowest BCUT2D eigenvalue weighted by Crippen LogP contribution is -2.13. The minimum atomic E-state index is 0.774. The molecule has 0 atom stereocenters. The van der Waals surface area contributed by atoms with Gasteiger partial charge in [-0.05, 0) is 25.9 Å². The average molecular weight is 260 g/mol. The smallest absolute Gasteiger partial charge is 0.207 e. The minimum absolute atomic E-state index is 0.774. The molecule has 3 nitrogen and oxygen atoms in total. The fraction of sp³-hybridized carbons (Fsp3) is 0.933. The van der Waals surface area contributed by atoms with Crippen LogP contribution in [-0.4, -0.2) is 26.0 Å². The molecule has 0 fully saturated rings. The van der Waals surface area contributed by atoms with Gasteiger partial charge in [-0.2, -0.15) is 0 Å². The number of hydrogen-bond donors (Lipinski definition) is 2. The molecule has 0 aromatic carbocycles. The van der Waals surface area contributed by atoms with Crippen LogP contribution in [0.2, 0.25) is 0 Å². The molecule has 18 heavy (non-hydrogen) atoms. The molecule has 112 valence electrons. The first-order valence-electron chi connectivity index (χ1n) is 7.79. The summed E-state index contributed by atoms with van der Waals surface area (Å²) in [4.78, 5) is 9.92. The van der Waals surface area contributed by atoms with Crippen LogP contribution in [0.4, 0.5) is 0 Å². The highest BCUT2D eigenvalue weighted by molar-refractivity contribution is 5.45. The number of carbonyl (C=O) groups is 1. The topological polar surface area (TPSA) is 41.1 Å². The van der Waals surface area contributed by atoms with E-state index in [1.165, 1.54) is 32.1 Å². The van der Waals surface area contributed by atoms with Crippen molar-refractivity contribution in [3.63, 3.8) is 0 Å². The van der Waals surface area contributed by atoms with Crippen LogP contribution in [0.5, 0.6) is 0 Å². The Morgan fingerprint density at radius 2 is 1.22 bits per heavy atom. The lowest BCUT2D eigenvalue weighted by molar-refractivity contribution is -0.109. The normalized spacial score (nSPS) is 8.50. The van der Waals surface area contributed by atoms with Gasteiger partial charge in [0.25, 0.3) is 0 Å². The van der Waals surface area contributed by atoms with Crippen LogP contribution >= 0.6 is 0 Å². The predicted molar refractivity (Wildman–Crippen MR) is 83.0 cm³/mol. The molecule has 0 bridgehead atoms. The summed E-state index contributed by atoms with van der Waals surface area (Å²) in [6.07, 6.45) is 8.37. The highest BCUT2D eigenvalue weighted by Gasteiger charge is 1.90. The molecular formula is C15H36N2O. The summed E-state index contributed by atoms with van der Waals surface area (Å²) in [5.74, 6) is 0. The number of hydrogen-bond acceptors (Lipinski definition) is 2. The summed E-state index contributed by atoms with van der Waals surface area (Å²) in [5, 5.41) is 5.99. The maximum Gasteiger partial charge on any atom is 0.207 e. The van der Waals surface area contributed by atoms with Gasteiger partial charge in [-0.15, -0.1) is 0 Å². The molecule has 0 aliphatic heterocycles. The number of rotatable bonds is 11. The zero-order valence-corrected chi connectivity index (χ0v) is 13.3. The van der Waals surface area contributed by atoms with E-state index in [1.807, 2.05) is 27.7 Å². The maximum atomic E-state index is 9.92.